The molecule has 1 heterocycles. The topological polar surface area (TPSA) is 47.3 Å². The average molecular weight is 192 g/mol. The quantitative estimate of drug-likeness (QED) is 0.529. The maximum atomic E-state index is 5.90. The summed E-state index contributed by atoms with van der Waals surface area (Å²) in [5, 5.41) is 0. The van der Waals surface area contributed by atoms with E-state index in [9.17, 15) is 0 Å². The third kappa shape index (κ3) is 1.55. The molecule has 1 aromatic carbocycles. The summed E-state index contributed by atoms with van der Waals surface area (Å²) in [4.78, 5) is 0. The first-order valence-corrected chi connectivity index (χ1v) is 4.90. The maximum absolute atomic E-state index is 5.90. The van der Waals surface area contributed by atoms with Crippen molar-refractivity contribution in [3.8, 4) is 5.75 Å². The minimum absolute atomic E-state index is 0.0834. The Kier molecular flexibility index (Phi) is 2.11. The normalized spacial score (nSPS) is 18.2. The molecule has 0 amide bonds. The van der Waals surface area contributed by atoms with Crippen LogP contribution in [0.15, 0.2) is 18.2 Å². The van der Waals surface area contributed by atoms with Crippen molar-refractivity contribution >= 4 is 5.69 Å². The molecule has 3 N–H and O–H groups in total. The molecule has 0 saturated heterocycles. The van der Waals surface area contributed by atoms with Crippen molar-refractivity contribution in [2.75, 3.05) is 5.43 Å². The van der Waals surface area contributed by atoms with Gasteiger partial charge in [-0.25, -0.2) is 0 Å². The highest BCUT2D eigenvalue weighted by Gasteiger charge is 2.27. The molecule has 0 aliphatic carbocycles. The SMILES string of the molecule is CC1(C)CCc2cccc(NN)c2O1. The molecule has 0 spiro atoms. The van der Waals surface area contributed by atoms with Gasteiger partial charge < -0.3 is 10.2 Å². The first kappa shape index (κ1) is 9.34. The molecule has 1 aromatic rings. The molecule has 0 fully saturated rings. The molecular weight excluding hydrogens is 176 g/mol. The van der Waals surface area contributed by atoms with Gasteiger partial charge in [0.2, 0.25) is 0 Å². The number of hydrogen-bond donors (Lipinski definition) is 2. The summed E-state index contributed by atoms with van der Waals surface area (Å²) in [6, 6.07) is 6.02. The Balaban J connectivity index is 2.43. The van der Waals surface area contributed by atoms with Crippen LogP contribution in [-0.2, 0) is 6.42 Å². The molecule has 2 rings (SSSR count). The molecule has 76 valence electrons. The third-order valence-electron chi connectivity index (χ3n) is 2.63. The molecule has 0 unspecified atom stereocenters. The lowest BCUT2D eigenvalue weighted by Crippen LogP contribution is -2.33. The van der Waals surface area contributed by atoms with Crippen LogP contribution < -0.4 is 16.0 Å². The lowest BCUT2D eigenvalue weighted by molar-refractivity contribution is 0.0856. The van der Waals surface area contributed by atoms with E-state index in [2.05, 4.69) is 25.3 Å². The number of nitrogens with one attached hydrogen (secondary N) is 1. The minimum Gasteiger partial charge on any atom is -0.485 e. The van der Waals surface area contributed by atoms with E-state index in [1.807, 2.05) is 12.1 Å². The number of nitrogens with two attached hydrogens (primary N) is 1. The van der Waals surface area contributed by atoms with E-state index in [-0.39, 0.29) is 5.60 Å². The maximum Gasteiger partial charge on any atom is 0.147 e. The number of anilines is 1. The Labute approximate surface area is 84.2 Å². The van der Waals surface area contributed by atoms with Crippen LogP contribution >= 0.6 is 0 Å². The van der Waals surface area contributed by atoms with Gasteiger partial charge >= 0.3 is 0 Å². The zero-order chi connectivity index (χ0) is 10.2. The van der Waals surface area contributed by atoms with Crippen LogP contribution in [0.1, 0.15) is 25.8 Å². The van der Waals surface area contributed by atoms with E-state index < -0.39 is 0 Å². The smallest absolute Gasteiger partial charge is 0.147 e. The average Bonchev–Trinajstić information content (AvgIpc) is 2.15. The van der Waals surface area contributed by atoms with E-state index in [1.165, 1.54) is 5.56 Å². The summed E-state index contributed by atoms with van der Waals surface area (Å²) in [5.74, 6) is 6.34. The summed E-state index contributed by atoms with van der Waals surface area (Å²) in [7, 11) is 0. The van der Waals surface area contributed by atoms with Gasteiger partial charge in [0.25, 0.3) is 0 Å². The first-order chi connectivity index (χ1) is 6.62. The fraction of sp³-hybridized carbons (Fsp3) is 0.455. The van der Waals surface area contributed by atoms with Crippen molar-refractivity contribution < 1.29 is 4.74 Å². The molecular formula is C11H16N2O. The van der Waals surface area contributed by atoms with Gasteiger partial charge in [-0.2, -0.15) is 0 Å². The Morgan fingerprint density at radius 2 is 2.21 bits per heavy atom. The largest absolute Gasteiger partial charge is 0.485 e. The lowest BCUT2D eigenvalue weighted by Gasteiger charge is -2.33. The lowest BCUT2D eigenvalue weighted by atomic mass is 9.94. The third-order valence-corrected chi connectivity index (χ3v) is 2.63. The molecule has 0 bridgehead atoms. The monoisotopic (exact) mass is 192 g/mol. The second-order valence-electron chi connectivity index (χ2n) is 4.30. The minimum atomic E-state index is -0.0834. The van der Waals surface area contributed by atoms with Crippen LogP contribution in [0, 0.1) is 0 Å². The highest BCUT2D eigenvalue weighted by atomic mass is 16.5. The summed E-state index contributed by atoms with van der Waals surface area (Å²) in [5.41, 5.74) is 4.69. The number of fused-ring (bicyclic) bond motifs is 1. The second kappa shape index (κ2) is 3.17. The van der Waals surface area contributed by atoms with Gasteiger partial charge in [-0.05, 0) is 38.3 Å². The van der Waals surface area contributed by atoms with E-state index in [0.717, 1.165) is 24.3 Å². The van der Waals surface area contributed by atoms with Crippen LogP contribution in [0.2, 0.25) is 0 Å². The molecule has 3 nitrogen and oxygen atoms in total. The molecule has 0 radical (unpaired) electrons. The Hall–Kier alpha value is -1.22. The molecule has 1 aliphatic heterocycles. The van der Waals surface area contributed by atoms with Crippen molar-refractivity contribution in [1.82, 2.24) is 0 Å². The summed E-state index contributed by atoms with van der Waals surface area (Å²) in [6.07, 6.45) is 2.10. The zero-order valence-corrected chi connectivity index (χ0v) is 8.63. The number of nitrogen functional groups attached to an aromatic ring is 1. The van der Waals surface area contributed by atoms with Crippen molar-refractivity contribution in [3.63, 3.8) is 0 Å². The summed E-state index contributed by atoms with van der Waals surface area (Å²) >= 11 is 0. The van der Waals surface area contributed by atoms with Crippen LogP contribution in [0.25, 0.3) is 0 Å². The van der Waals surface area contributed by atoms with Gasteiger partial charge in [0, 0.05) is 0 Å². The van der Waals surface area contributed by atoms with Crippen LogP contribution in [0.5, 0.6) is 5.75 Å². The van der Waals surface area contributed by atoms with Crippen molar-refractivity contribution in [1.29, 1.82) is 0 Å². The predicted molar refractivity (Wildman–Crippen MR) is 57.3 cm³/mol. The highest BCUT2D eigenvalue weighted by molar-refractivity contribution is 5.60. The molecule has 0 aromatic heterocycles. The van der Waals surface area contributed by atoms with E-state index in [1.54, 1.807) is 0 Å². The van der Waals surface area contributed by atoms with Gasteiger partial charge in [-0.3, -0.25) is 5.84 Å². The number of benzene rings is 1. The van der Waals surface area contributed by atoms with Crippen LogP contribution in [0.4, 0.5) is 5.69 Å². The standard InChI is InChI=1S/C11H16N2O/c1-11(2)7-6-8-4-3-5-9(13-12)10(8)14-11/h3-5,13H,6-7,12H2,1-2H3. The number of para-hydroxylation sites is 1. The van der Waals surface area contributed by atoms with Crippen LogP contribution in [0.3, 0.4) is 0 Å². The van der Waals surface area contributed by atoms with Gasteiger partial charge in [0.15, 0.2) is 0 Å². The molecule has 0 atom stereocenters. The number of hydrazine groups is 1. The summed E-state index contributed by atoms with van der Waals surface area (Å²) in [6.45, 7) is 4.20. The zero-order valence-electron chi connectivity index (χ0n) is 8.63. The molecule has 3 heteroatoms. The van der Waals surface area contributed by atoms with Crippen molar-refractivity contribution in [2.24, 2.45) is 5.84 Å². The number of aryl methyl sites for hydroxylation is 1. The highest BCUT2D eigenvalue weighted by Crippen LogP contribution is 2.37. The first-order valence-electron chi connectivity index (χ1n) is 4.90. The molecule has 14 heavy (non-hydrogen) atoms. The summed E-state index contributed by atoms with van der Waals surface area (Å²) < 4.78 is 5.90. The van der Waals surface area contributed by atoms with Gasteiger partial charge in [-0.15, -0.1) is 0 Å². The predicted octanol–water partition coefficient (Wildman–Crippen LogP) is 2.08. The fourth-order valence-electron chi connectivity index (χ4n) is 1.78. The fourth-order valence-corrected chi connectivity index (χ4v) is 1.78. The van der Waals surface area contributed by atoms with E-state index in [4.69, 9.17) is 10.6 Å². The second-order valence-corrected chi connectivity index (χ2v) is 4.30. The molecule has 1 aliphatic rings. The van der Waals surface area contributed by atoms with E-state index in [0.29, 0.717) is 0 Å². The Morgan fingerprint density at radius 3 is 2.93 bits per heavy atom. The van der Waals surface area contributed by atoms with Gasteiger partial charge in [0.05, 0.1) is 5.69 Å². The van der Waals surface area contributed by atoms with Crippen LogP contribution in [-0.4, -0.2) is 5.60 Å². The van der Waals surface area contributed by atoms with Crippen molar-refractivity contribution in [3.05, 3.63) is 23.8 Å². The molecule has 0 saturated carbocycles. The van der Waals surface area contributed by atoms with Gasteiger partial charge in [-0.1, -0.05) is 12.1 Å². The number of hydrogen-bond acceptors (Lipinski definition) is 3. The Morgan fingerprint density at radius 1 is 1.43 bits per heavy atom. The number of rotatable bonds is 1. The van der Waals surface area contributed by atoms with Gasteiger partial charge in [0.1, 0.15) is 11.4 Å². The van der Waals surface area contributed by atoms with Crippen molar-refractivity contribution in [2.45, 2.75) is 32.3 Å². The Bertz CT molecular complexity index is 333. The number of ether oxygens (including phenoxy) is 1. The van der Waals surface area contributed by atoms with E-state index >= 15 is 0 Å².